The molecule has 2 aliphatic carbocycles. The summed E-state index contributed by atoms with van der Waals surface area (Å²) in [4.78, 5) is 11.9. The van der Waals surface area contributed by atoms with Gasteiger partial charge in [-0.1, -0.05) is 32.1 Å². The molecule has 2 rings (SSSR count). The van der Waals surface area contributed by atoms with Gasteiger partial charge in [0.05, 0.1) is 0 Å². The number of hydrogen-bond donors (Lipinski definition) is 2. The van der Waals surface area contributed by atoms with Crippen LogP contribution in [0.4, 0.5) is 4.79 Å². The molecule has 2 aliphatic rings. The monoisotopic (exact) mass is 310 g/mol. The lowest BCUT2D eigenvalue weighted by Crippen LogP contribution is -2.48. The minimum absolute atomic E-state index is 0.223. The number of ether oxygens (including phenoxy) is 1. The van der Waals surface area contributed by atoms with Crippen molar-refractivity contribution in [1.82, 2.24) is 10.6 Å². The van der Waals surface area contributed by atoms with Crippen LogP contribution in [0.25, 0.3) is 0 Å². The second-order valence-corrected chi connectivity index (χ2v) is 8.04. The van der Waals surface area contributed by atoms with Gasteiger partial charge >= 0.3 is 6.09 Å². The molecule has 128 valence electrons. The highest BCUT2D eigenvalue weighted by atomic mass is 16.6. The molecule has 0 aromatic heterocycles. The van der Waals surface area contributed by atoms with Gasteiger partial charge in [-0.15, -0.1) is 0 Å². The number of amides is 1. The predicted octanol–water partition coefficient (Wildman–Crippen LogP) is 3.99. The van der Waals surface area contributed by atoms with Gasteiger partial charge in [0.25, 0.3) is 0 Å². The number of carbonyl (C=O) groups is 1. The minimum atomic E-state index is -0.424. The zero-order valence-electron chi connectivity index (χ0n) is 14.6. The molecular formula is C18H34N2O2. The third kappa shape index (κ3) is 6.15. The molecule has 0 aliphatic heterocycles. The first kappa shape index (κ1) is 17.6. The van der Waals surface area contributed by atoms with Crippen LogP contribution >= 0.6 is 0 Å². The summed E-state index contributed by atoms with van der Waals surface area (Å²) in [5.74, 6) is 0.917. The van der Waals surface area contributed by atoms with E-state index in [9.17, 15) is 4.79 Å². The summed E-state index contributed by atoms with van der Waals surface area (Å²) in [6.07, 6.45) is 11.5. The van der Waals surface area contributed by atoms with Crippen LogP contribution in [-0.2, 0) is 4.74 Å². The Hall–Kier alpha value is -0.770. The zero-order valence-corrected chi connectivity index (χ0v) is 14.6. The average molecular weight is 310 g/mol. The molecule has 0 aromatic carbocycles. The molecule has 0 saturated heterocycles. The Bertz CT molecular complexity index is 345. The molecule has 4 nitrogen and oxygen atoms in total. The van der Waals surface area contributed by atoms with Gasteiger partial charge in [0.15, 0.2) is 0 Å². The molecule has 2 unspecified atom stereocenters. The van der Waals surface area contributed by atoms with Crippen LogP contribution in [0.2, 0.25) is 0 Å². The highest BCUT2D eigenvalue weighted by Crippen LogP contribution is 2.26. The van der Waals surface area contributed by atoms with Gasteiger partial charge < -0.3 is 15.4 Å². The molecule has 1 amide bonds. The van der Waals surface area contributed by atoms with Gasteiger partial charge in [-0.25, -0.2) is 4.79 Å². The molecule has 4 heteroatoms. The Morgan fingerprint density at radius 2 is 1.68 bits per heavy atom. The number of alkyl carbamates (subject to hydrolysis) is 1. The lowest BCUT2D eigenvalue weighted by Gasteiger charge is -2.26. The molecule has 0 radical (unpaired) electrons. The van der Waals surface area contributed by atoms with Crippen molar-refractivity contribution in [1.29, 1.82) is 0 Å². The number of nitrogens with one attached hydrogen (secondary N) is 2. The van der Waals surface area contributed by atoms with Crippen molar-refractivity contribution in [2.75, 3.05) is 6.54 Å². The first-order chi connectivity index (χ1) is 10.4. The van der Waals surface area contributed by atoms with Crippen LogP contribution in [0.5, 0.6) is 0 Å². The summed E-state index contributed by atoms with van der Waals surface area (Å²) in [5, 5.41) is 6.73. The standard InChI is InChI=1S/C18H34N2O2/c1-18(2,3)22-17(21)20-16-11-7-10-15(16)19-13-12-14-8-5-4-6-9-14/h14-16,19H,4-13H2,1-3H3,(H,20,21). The third-order valence-electron chi connectivity index (χ3n) is 4.90. The van der Waals surface area contributed by atoms with Crippen molar-refractivity contribution in [3.8, 4) is 0 Å². The molecule has 0 heterocycles. The fraction of sp³-hybridized carbons (Fsp3) is 0.944. The lowest BCUT2D eigenvalue weighted by atomic mass is 9.87. The second kappa shape index (κ2) is 8.19. The van der Waals surface area contributed by atoms with Crippen LogP contribution < -0.4 is 10.6 Å². The van der Waals surface area contributed by atoms with Crippen LogP contribution in [0.3, 0.4) is 0 Å². The van der Waals surface area contributed by atoms with Crippen molar-refractivity contribution < 1.29 is 9.53 Å². The maximum atomic E-state index is 11.9. The van der Waals surface area contributed by atoms with E-state index in [2.05, 4.69) is 10.6 Å². The molecule has 22 heavy (non-hydrogen) atoms. The zero-order chi connectivity index (χ0) is 16.0. The first-order valence-electron chi connectivity index (χ1n) is 9.17. The van der Waals surface area contributed by atoms with E-state index >= 15 is 0 Å². The Kier molecular flexibility index (Phi) is 6.54. The van der Waals surface area contributed by atoms with Crippen molar-refractivity contribution in [2.24, 2.45) is 5.92 Å². The van der Waals surface area contributed by atoms with Crippen LogP contribution in [0.15, 0.2) is 0 Å². The van der Waals surface area contributed by atoms with Crippen molar-refractivity contribution in [2.45, 2.75) is 96.2 Å². The topological polar surface area (TPSA) is 50.4 Å². The van der Waals surface area contributed by atoms with Crippen LogP contribution in [0.1, 0.15) is 78.6 Å². The summed E-state index contributed by atoms with van der Waals surface area (Å²) < 4.78 is 5.37. The molecule has 2 atom stereocenters. The Morgan fingerprint density at radius 1 is 1.00 bits per heavy atom. The van der Waals surface area contributed by atoms with E-state index < -0.39 is 5.60 Å². The van der Waals surface area contributed by atoms with Crippen molar-refractivity contribution in [3.05, 3.63) is 0 Å². The van der Waals surface area contributed by atoms with Crippen molar-refractivity contribution in [3.63, 3.8) is 0 Å². The quantitative estimate of drug-likeness (QED) is 0.807. The highest BCUT2D eigenvalue weighted by molar-refractivity contribution is 5.68. The summed E-state index contributed by atoms with van der Waals surface area (Å²) in [6.45, 7) is 6.80. The summed E-state index contributed by atoms with van der Waals surface area (Å²) in [7, 11) is 0. The smallest absolute Gasteiger partial charge is 0.407 e. The van der Waals surface area contributed by atoms with Gasteiger partial charge in [0.2, 0.25) is 0 Å². The molecular weight excluding hydrogens is 276 g/mol. The predicted molar refractivity (Wildman–Crippen MR) is 90.0 cm³/mol. The highest BCUT2D eigenvalue weighted by Gasteiger charge is 2.29. The SMILES string of the molecule is CC(C)(C)OC(=O)NC1CCCC1NCCC1CCCCC1. The van der Waals surface area contributed by atoms with E-state index in [1.165, 1.54) is 44.9 Å². The van der Waals surface area contributed by atoms with E-state index in [1.54, 1.807) is 0 Å². The number of carbonyl (C=O) groups excluding carboxylic acids is 1. The van der Waals surface area contributed by atoms with Crippen LogP contribution in [-0.4, -0.2) is 30.3 Å². The summed E-state index contributed by atoms with van der Waals surface area (Å²) in [6, 6.07) is 0.636. The van der Waals surface area contributed by atoms with E-state index in [-0.39, 0.29) is 12.1 Å². The van der Waals surface area contributed by atoms with Gasteiger partial charge in [-0.05, 0) is 58.9 Å². The Balaban J connectivity index is 1.67. The second-order valence-electron chi connectivity index (χ2n) is 8.04. The Labute approximate surface area is 135 Å². The van der Waals surface area contributed by atoms with Gasteiger partial charge in [0, 0.05) is 12.1 Å². The fourth-order valence-corrected chi connectivity index (χ4v) is 3.78. The van der Waals surface area contributed by atoms with E-state index in [1.807, 2.05) is 20.8 Å². The van der Waals surface area contributed by atoms with E-state index in [0.29, 0.717) is 6.04 Å². The number of hydrogen-bond acceptors (Lipinski definition) is 3. The summed E-state index contributed by atoms with van der Waals surface area (Å²) >= 11 is 0. The van der Waals surface area contributed by atoms with Gasteiger partial charge in [0.1, 0.15) is 5.60 Å². The largest absolute Gasteiger partial charge is 0.444 e. The van der Waals surface area contributed by atoms with Gasteiger partial charge in [-0.3, -0.25) is 0 Å². The third-order valence-corrected chi connectivity index (χ3v) is 4.90. The normalized spacial score (nSPS) is 26.9. The molecule has 0 spiro atoms. The molecule has 0 aromatic rings. The Morgan fingerprint density at radius 3 is 2.36 bits per heavy atom. The maximum absolute atomic E-state index is 11.9. The van der Waals surface area contributed by atoms with E-state index in [0.717, 1.165) is 25.3 Å². The molecule has 0 bridgehead atoms. The molecule has 2 fully saturated rings. The lowest BCUT2D eigenvalue weighted by molar-refractivity contribution is 0.0498. The maximum Gasteiger partial charge on any atom is 0.407 e. The minimum Gasteiger partial charge on any atom is -0.444 e. The number of rotatable bonds is 5. The fourth-order valence-electron chi connectivity index (χ4n) is 3.78. The van der Waals surface area contributed by atoms with E-state index in [4.69, 9.17) is 4.74 Å². The molecule has 2 N–H and O–H groups in total. The van der Waals surface area contributed by atoms with Gasteiger partial charge in [-0.2, -0.15) is 0 Å². The summed E-state index contributed by atoms with van der Waals surface area (Å²) in [5.41, 5.74) is -0.424. The average Bonchev–Trinajstić information content (AvgIpc) is 2.85. The molecule has 2 saturated carbocycles. The van der Waals surface area contributed by atoms with Crippen LogP contribution in [0, 0.1) is 5.92 Å². The van der Waals surface area contributed by atoms with Crippen molar-refractivity contribution >= 4 is 6.09 Å². The first-order valence-corrected chi connectivity index (χ1v) is 9.17.